The van der Waals surface area contributed by atoms with Crippen molar-refractivity contribution in [1.82, 2.24) is 5.32 Å². The summed E-state index contributed by atoms with van der Waals surface area (Å²) >= 11 is 5.27. The fourth-order valence-electron chi connectivity index (χ4n) is 2.06. The van der Waals surface area contributed by atoms with Gasteiger partial charge in [-0.3, -0.25) is 0 Å². The Kier molecular flexibility index (Phi) is 4.60. The molecule has 0 saturated heterocycles. The lowest BCUT2D eigenvalue weighted by atomic mass is 9.98. The first-order valence-corrected chi connectivity index (χ1v) is 7.74. The molecule has 0 aliphatic rings. The van der Waals surface area contributed by atoms with Gasteiger partial charge in [-0.2, -0.15) is 0 Å². The molecule has 0 radical (unpaired) electrons. The Bertz CT molecular complexity index is 533. The molecule has 1 nitrogen and oxygen atoms in total. The van der Waals surface area contributed by atoms with Gasteiger partial charge in [0.25, 0.3) is 0 Å². The predicted octanol–water partition coefficient (Wildman–Crippen LogP) is 4.63. The fourth-order valence-corrected chi connectivity index (χ4v) is 3.29. The van der Waals surface area contributed by atoms with E-state index in [4.69, 9.17) is 0 Å². The average molecular weight is 324 g/mol. The van der Waals surface area contributed by atoms with Crippen LogP contribution in [0.15, 0.2) is 33.4 Å². The summed E-state index contributed by atoms with van der Waals surface area (Å²) < 4.78 is 1.19. The largest absolute Gasteiger partial charge is 0.313 e. The standard InChI is InChI=1S/C15H18BrNS/c1-10-4-5-12(6-11(10)2)7-14(17-3)13-8-15(16)18-9-13/h4-6,8-9,14,17H,7H2,1-3H3. The molecule has 2 aromatic rings. The van der Waals surface area contributed by atoms with E-state index in [9.17, 15) is 0 Å². The second-order valence-corrected chi connectivity index (χ2v) is 6.94. The van der Waals surface area contributed by atoms with Crippen LogP contribution in [0.5, 0.6) is 0 Å². The molecular weight excluding hydrogens is 306 g/mol. The molecule has 1 heterocycles. The molecule has 0 saturated carbocycles. The van der Waals surface area contributed by atoms with Gasteiger partial charge in [-0.05, 0) is 76.9 Å². The van der Waals surface area contributed by atoms with Gasteiger partial charge in [0.15, 0.2) is 0 Å². The SMILES string of the molecule is CNC(Cc1ccc(C)c(C)c1)c1csc(Br)c1. The van der Waals surface area contributed by atoms with Crippen LogP contribution in [0.4, 0.5) is 0 Å². The van der Waals surface area contributed by atoms with E-state index in [0.29, 0.717) is 6.04 Å². The van der Waals surface area contributed by atoms with Crippen molar-refractivity contribution in [3.63, 3.8) is 0 Å². The van der Waals surface area contributed by atoms with E-state index in [1.807, 2.05) is 7.05 Å². The third kappa shape index (κ3) is 3.22. The molecule has 1 N–H and O–H groups in total. The van der Waals surface area contributed by atoms with Gasteiger partial charge in [-0.1, -0.05) is 18.2 Å². The molecule has 2 rings (SSSR count). The van der Waals surface area contributed by atoms with Crippen molar-refractivity contribution >= 4 is 27.3 Å². The third-order valence-corrected chi connectivity index (χ3v) is 4.87. The van der Waals surface area contributed by atoms with Crippen LogP contribution in [-0.2, 0) is 6.42 Å². The van der Waals surface area contributed by atoms with Gasteiger partial charge in [0.2, 0.25) is 0 Å². The zero-order valence-corrected chi connectivity index (χ0v) is 13.4. The molecule has 3 heteroatoms. The molecule has 0 bridgehead atoms. The zero-order valence-electron chi connectivity index (χ0n) is 11.0. The van der Waals surface area contributed by atoms with Gasteiger partial charge in [0.1, 0.15) is 0 Å². The molecule has 1 atom stereocenters. The van der Waals surface area contributed by atoms with E-state index >= 15 is 0 Å². The normalized spacial score (nSPS) is 12.7. The van der Waals surface area contributed by atoms with Crippen LogP contribution in [0.2, 0.25) is 0 Å². The van der Waals surface area contributed by atoms with Crippen LogP contribution in [0, 0.1) is 13.8 Å². The minimum Gasteiger partial charge on any atom is -0.313 e. The van der Waals surface area contributed by atoms with E-state index < -0.39 is 0 Å². The summed E-state index contributed by atoms with van der Waals surface area (Å²) in [4.78, 5) is 0. The molecule has 0 fully saturated rings. The Labute approximate surface area is 121 Å². The quantitative estimate of drug-likeness (QED) is 0.864. The first-order chi connectivity index (χ1) is 8.60. The average Bonchev–Trinajstić information content (AvgIpc) is 2.77. The first kappa shape index (κ1) is 13.8. The second kappa shape index (κ2) is 6.00. The maximum atomic E-state index is 3.53. The molecular formula is C15H18BrNS. The van der Waals surface area contributed by atoms with Crippen molar-refractivity contribution in [2.75, 3.05) is 7.05 Å². The number of hydrogen-bond donors (Lipinski definition) is 1. The maximum absolute atomic E-state index is 3.53. The molecule has 1 unspecified atom stereocenters. The number of benzene rings is 1. The number of hydrogen-bond acceptors (Lipinski definition) is 2. The van der Waals surface area contributed by atoms with E-state index in [2.05, 4.69) is 64.7 Å². The van der Waals surface area contributed by atoms with Gasteiger partial charge >= 0.3 is 0 Å². The lowest BCUT2D eigenvalue weighted by Crippen LogP contribution is -2.18. The highest BCUT2D eigenvalue weighted by Gasteiger charge is 2.12. The molecule has 0 aliphatic carbocycles. The molecule has 0 aliphatic heterocycles. The van der Waals surface area contributed by atoms with Gasteiger partial charge < -0.3 is 5.32 Å². The van der Waals surface area contributed by atoms with Crippen molar-refractivity contribution in [3.05, 3.63) is 55.7 Å². The highest BCUT2D eigenvalue weighted by molar-refractivity contribution is 9.11. The van der Waals surface area contributed by atoms with Gasteiger partial charge in [-0.25, -0.2) is 0 Å². The van der Waals surface area contributed by atoms with Gasteiger partial charge in [0.05, 0.1) is 3.79 Å². The van der Waals surface area contributed by atoms with Crippen LogP contribution in [0.25, 0.3) is 0 Å². The fraction of sp³-hybridized carbons (Fsp3) is 0.333. The number of halogens is 1. The lowest BCUT2D eigenvalue weighted by Gasteiger charge is -2.15. The van der Waals surface area contributed by atoms with Crippen molar-refractivity contribution in [3.8, 4) is 0 Å². The zero-order chi connectivity index (χ0) is 13.1. The number of nitrogens with one attached hydrogen (secondary N) is 1. The predicted molar refractivity (Wildman–Crippen MR) is 83.4 cm³/mol. The Morgan fingerprint density at radius 2 is 2.00 bits per heavy atom. The molecule has 1 aromatic carbocycles. The van der Waals surface area contributed by atoms with Crippen LogP contribution in [0.3, 0.4) is 0 Å². The third-order valence-electron chi connectivity index (χ3n) is 3.35. The van der Waals surface area contributed by atoms with Crippen LogP contribution in [-0.4, -0.2) is 7.05 Å². The summed E-state index contributed by atoms with van der Waals surface area (Å²) in [5.74, 6) is 0. The summed E-state index contributed by atoms with van der Waals surface area (Å²) in [6, 6.07) is 9.32. The number of thiophene rings is 1. The molecule has 1 aromatic heterocycles. The van der Waals surface area contributed by atoms with E-state index in [1.54, 1.807) is 11.3 Å². The molecule has 0 amide bonds. The second-order valence-electron chi connectivity index (χ2n) is 4.65. The minimum atomic E-state index is 0.384. The van der Waals surface area contributed by atoms with Crippen molar-refractivity contribution in [1.29, 1.82) is 0 Å². The lowest BCUT2D eigenvalue weighted by molar-refractivity contribution is 0.593. The van der Waals surface area contributed by atoms with Crippen molar-refractivity contribution < 1.29 is 0 Å². The van der Waals surface area contributed by atoms with Crippen LogP contribution >= 0.6 is 27.3 Å². The van der Waals surface area contributed by atoms with E-state index in [-0.39, 0.29) is 0 Å². The smallest absolute Gasteiger partial charge is 0.0701 e. The summed E-state index contributed by atoms with van der Waals surface area (Å²) in [5, 5.41) is 5.61. The maximum Gasteiger partial charge on any atom is 0.0701 e. The Morgan fingerprint density at radius 3 is 2.56 bits per heavy atom. The summed E-state index contributed by atoms with van der Waals surface area (Å²) in [6.07, 6.45) is 1.03. The Balaban J connectivity index is 2.17. The highest BCUT2D eigenvalue weighted by atomic mass is 79.9. The first-order valence-electron chi connectivity index (χ1n) is 6.07. The van der Waals surface area contributed by atoms with Crippen molar-refractivity contribution in [2.45, 2.75) is 26.3 Å². The Hall–Kier alpha value is -0.640. The van der Waals surface area contributed by atoms with Gasteiger partial charge in [0, 0.05) is 6.04 Å². The van der Waals surface area contributed by atoms with Crippen LogP contribution in [0.1, 0.15) is 28.3 Å². The molecule has 0 spiro atoms. The van der Waals surface area contributed by atoms with E-state index in [1.165, 1.54) is 26.0 Å². The number of likely N-dealkylation sites (N-methyl/N-ethyl adjacent to an activating group) is 1. The highest BCUT2D eigenvalue weighted by Crippen LogP contribution is 2.27. The van der Waals surface area contributed by atoms with Crippen molar-refractivity contribution in [2.24, 2.45) is 0 Å². The van der Waals surface area contributed by atoms with Crippen LogP contribution < -0.4 is 5.32 Å². The monoisotopic (exact) mass is 323 g/mol. The molecule has 18 heavy (non-hydrogen) atoms. The molecule has 96 valence electrons. The summed E-state index contributed by atoms with van der Waals surface area (Å²) in [6.45, 7) is 4.33. The Morgan fingerprint density at radius 1 is 1.22 bits per heavy atom. The number of rotatable bonds is 4. The summed E-state index contributed by atoms with van der Waals surface area (Å²) in [7, 11) is 2.03. The number of aryl methyl sites for hydroxylation is 2. The summed E-state index contributed by atoms with van der Waals surface area (Å²) in [5.41, 5.74) is 5.47. The van der Waals surface area contributed by atoms with E-state index in [0.717, 1.165) is 6.42 Å². The van der Waals surface area contributed by atoms with Gasteiger partial charge in [-0.15, -0.1) is 11.3 Å². The minimum absolute atomic E-state index is 0.384. The topological polar surface area (TPSA) is 12.0 Å².